The molecule has 1 saturated heterocycles. The van der Waals surface area contributed by atoms with E-state index in [1.165, 1.54) is 0 Å². The molecule has 2 aromatic rings. The molecule has 4 rings (SSSR count). The van der Waals surface area contributed by atoms with Crippen LogP contribution >= 0.6 is 12.2 Å². The molecule has 29 heavy (non-hydrogen) atoms. The van der Waals surface area contributed by atoms with E-state index in [9.17, 15) is 27.5 Å². The van der Waals surface area contributed by atoms with Crippen molar-refractivity contribution in [2.24, 2.45) is 0 Å². The number of aromatic nitrogens is 2. The first kappa shape index (κ1) is 20.1. The fourth-order valence-electron chi connectivity index (χ4n) is 4.17. The number of halogens is 4. The lowest BCUT2D eigenvalue weighted by Crippen LogP contribution is -2.40. The highest BCUT2D eigenvalue weighted by molar-refractivity contribution is 7.71. The maximum absolute atomic E-state index is 14.2. The Morgan fingerprint density at radius 2 is 1.79 bits per heavy atom. The Labute approximate surface area is 169 Å². The molecule has 1 amide bonds. The third-order valence-corrected chi connectivity index (χ3v) is 6.04. The Morgan fingerprint density at radius 1 is 1.17 bits per heavy atom. The molecule has 156 valence electrons. The Morgan fingerprint density at radius 3 is 2.41 bits per heavy atom. The molecule has 3 heterocycles. The number of likely N-dealkylation sites (tertiary alicyclic amines) is 1. The molecule has 0 bridgehead atoms. The van der Waals surface area contributed by atoms with E-state index in [1.807, 2.05) is 0 Å². The van der Waals surface area contributed by atoms with E-state index in [0.717, 1.165) is 0 Å². The van der Waals surface area contributed by atoms with Gasteiger partial charge in [-0.25, -0.2) is 17.6 Å². The minimum atomic E-state index is -1.44. The number of carbonyl (C=O) groups is 1. The molecule has 5 nitrogen and oxygen atoms in total. The number of rotatable bonds is 3. The maximum Gasteiger partial charge on any atom is 0.228 e. The van der Waals surface area contributed by atoms with Crippen LogP contribution in [0.15, 0.2) is 6.07 Å². The van der Waals surface area contributed by atoms with Crippen LogP contribution in [0.25, 0.3) is 0 Å². The highest BCUT2D eigenvalue weighted by atomic mass is 32.1. The number of aliphatic hydroxyl groups is 1. The summed E-state index contributed by atoms with van der Waals surface area (Å²) in [5.74, 6) is -6.66. The number of piperidine rings is 1. The van der Waals surface area contributed by atoms with Crippen molar-refractivity contribution in [3.05, 3.63) is 51.1 Å². The molecule has 0 spiro atoms. The summed E-state index contributed by atoms with van der Waals surface area (Å²) in [6.07, 6.45) is 0.756. The molecule has 0 radical (unpaired) electrons. The summed E-state index contributed by atoms with van der Waals surface area (Å²) in [7, 11) is 0. The van der Waals surface area contributed by atoms with Gasteiger partial charge in [-0.2, -0.15) is 0 Å². The van der Waals surface area contributed by atoms with Crippen molar-refractivity contribution in [2.45, 2.75) is 44.2 Å². The first-order valence-electron chi connectivity index (χ1n) is 9.35. The topological polar surface area (TPSA) is 61.3 Å². The zero-order valence-electron chi connectivity index (χ0n) is 15.4. The van der Waals surface area contributed by atoms with Crippen molar-refractivity contribution < 1.29 is 27.5 Å². The van der Waals surface area contributed by atoms with Gasteiger partial charge in [0, 0.05) is 48.6 Å². The van der Waals surface area contributed by atoms with E-state index in [1.54, 1.807) is 9.47 Å². The zero-order valence-corrected chi connectivity index (χ0v) is 16.2. The van der Waals surface area contributed by atoms with Crippen LogP contribution in [0.1, 0.15) is 35.7 Å². The number of carbonyl (C=O) groups excluding carboxylic acids is 1. The van der Waals surface area contributed by atoms with E-state index < -0.39 is 40.9 Å². The molecule has 1 aromatic heterocycles. The first-order chi connectivity index (χ1) is 13.8. The molecule has 1 aromatic carbocycles. The number of hydrogen-bond acceptors (Lipinski definition) is 3. The molecule has 10 heteroatoms. The Bertz CT molecular complexity index is 1000. The number of nitrogens with zero attached hydrogens (tertiary/aromatic N) is 2. The summed E-state index contributed by atoms with van der Waals surface area (Å²) in [5.41, 5.74) is 0.503. The van der Waals surface area contributed by atoms with Crippen LogP contribution in [-0.4, -0.2) is 44.7 Å². The molecule has 0 aliphatic carbocycles. The lowest BCUT2D eigenvalue weighted by atomic mass is 9.94. The number of imidazole rings is 1. The minimum Gasteiger partial charge on any atom is -0.393 e. The quantitative estimate of drug-likeness (QED) is 0.448. The number of nitrogens with one attached hydrogen (secondary N) is 1. The van der Waals surface area contributed by atoms with Crippen LogP contribution in [0.2, 0.25) is 0 Å². The van der Waals surface area contributed by atoms with Gasteiger partial charge in [0.2, 0.25) is 5.91 Å². The Kier molecular flexibility index (Phi) is 5.24. The van der Waals surface area contributed by atoms with Crippen LogP contribution in [0.5, 0.6) is 0 Å². The number of benzene rings is 1. The van der Waals surface area contributed by atoms with Gasteiger partial charge in [0.25, 0.3) is 0 Å². The van der Waals surface area contributed by atoms with E-state index in [2.05, 4.69) is 4.98 Å². The van der Waals surface area contributed by atoms with Crippen molar-refractivity contribution in [2.75, 3.05) is 13.1 Å². The monoisotopic (exact) mass is 429 g/mol. The summed E-state index contributed by atoms with van der Waals surface area (Å²) in [4.78, 5) is 17.2. The number of hydrogen-bond donors (Lipinski definition) is 2. The number of H-pyrrole nitrogens is 1. The van der Waals surface area contributed by atoms with Crippen LogP contribution in [0.4, 0.5) is 17.6 Å². The minimum absolute atomic E-state index is 0.0251. The fourth-order valence-corrected chi connectivity index (χ4v) is 4.47. The second-order valence-corrected chi connectivity index (χ2v) is 7.92. The summed E-state index contributed by atoms with van der Waals surface area (Å²) >= 11 is 5.26. The van der Waals surface area contributed by atoms with E-state index in [0.29, 0.717) is 37.3 Å². The fraction of sp³-hybridized carbons (Fsp3) is 0.474. The summed E-state index contributed by atoms with van der Waals surface area (Å²) in [6, 6.07) is 0.190. The molecule has 1 fully saturated rings. The molecule has 2 N–H and O–H groups in total. The molecular weight excluding hydrogens is 410 g/mol. The average molecular weight is 429 g/mol. The van der Waals surface area contributed by atoms with Gasteiger partial charge in [0.1, 0.15) is 0 Å². The molecule has 1 unspecified atom stereocenters. The van der Waals surface area contributed by atoms with Crippen LogP contribution in [0.3, 0.4) is 0 Å². The molecule has 2 aliphatic heterocycles. The van der Waals surface area contributed by atoms with Crippen molar-refractivity contribution in [1.82, 2.24) is 14.5 Å². The largest absolute Gasteiger partial charge is 0.393 e. The van der Waals surface area contributed by atoms with Gasteiger partial charge in [-0.3, -0.25) is 4.79 Å². The van der Waals surface area contributed by atoms with Crippen molar-refractivity contribution in [1.29, 1.82) is 0 Å². The SMILES string of the molecule is O=C(Cc1[nH]c(=S)n2c1CC(c1c(F)c(F)cc(F)c1F)C2)N1CCC(O)CC1. The van der Waals surface area contributed by atoms with Gasteiger partial charge in [0.15, 0.2) is 28.0 Å². The zero-order chi connectivity index (χ0) is 20.9. The van der Waals surface area contributed by atoms with Crippen molar-refractivity contribution in [3.63, 3.8) is 0 Å². The molecular formula is C19H19F4N3O2S. The van der Waals surface area contributed by atoms with Crippen LogP contribution < -0.4 is 0 Å². The molecule has 0 saturated carbocycles. The Hall–Kier alpha value is -2.20. The predicted molar refractivity (Wildman–Crippen MR) is 97.9 cm³/mol. The Balaban J connectivity index is 1.58. The normalized spacial score (nSPS) is 19.6. The highest BCUT2D eigenvalue weighted by Gasteiger charge is 2.34. The van der Waals surface area contributed by atoms with E-state index in [4.69, 9.17) is 12.2 Å². The van der Waals surface area contributed by atoms with Gasteiger partial charge in [0.05, 0.1) is 12.5 Å². The first-order valence-corrected chi connectivity index (χ1v) is 9.76. The number of aliphatic hydroxyl groups excluding tert-OH is 1. The van der Waals surface area contributed by atoms with Crippen molar-refractivity contribution >= 4 is 18.1 Å². The lowest BCUT2D eigenvalue weighted by molar-refractivity contribution is -0.132. The lowest BCUT2D eigenvalue weighted by Gasteiger charge is -2.29. The highest BCUT2D eigenvalue weighted by Crippen LogP contribution is 2.36. The van der Waals surface area contributed by atoms with Gasteiger partial charge in [-0.05, 0) is 31.5 Å². The molecule has 2 aliphatic rings. The van der Waals surface area contributed by atoms with Gasteiger partial charge >= 0.3 is 0 Å². The number of amides is 1. The smallest absolute Gasteiger partial charge is 0.228 e. The van der Waals surface area contributed by atoms with Crippen LogP contribution in [0, 0.1) is 28.0 Å². The summed E-state index contributed by atoms with van der Waals surface area (Å²) < 4.78 is 57.5. The third kappa shape index (κ3) is 3.59. The maximum atomic E-state index is 14.2. The average Bonchev–Trinajstić information content (AvgIpc) is 3.22. The third-order valence-electron chi connectivity index (χ3n) is 5.72. The summed E-state index contributed by atoms with van der Waals surface area (Å²) in [5, 5.41) is 9.57. The van der Waals surface area contributed by atoms with Gasteiger partial charge < -0.3 is 19.6 Å². The second-order valence-electron chi connectivity index (χ2n) is 7.54. The predicted octanol–water partition coefficient (Wildman–Crippen LogP) is 2.97. The van der Waals surface area contributed by atoms with Crippen LogP contribution in [-0.2, 0) is 24.2 Å². The standard InChI is InChI=1S/C19H19F4N3O2S/c20-11-6-12(21)18(23)16(17(11)22)9-5-14-13(24-19(29)26(14)8-9)7-15(28)25-3-1-10(27)2-4-25/h6,9-10,27H,1-5,7-8H2,(H,24,29). The van der Waals surface area contributed by atoms with Gasteiger partial charge in [-0.15, -0.1) is 0 Å². The summed E-state index contributed by atoms with van der Waals surface area (Å²) in [6.45, 7) is 0.974. The van der Waals surface area contributed by atoms with Gasteiger partial charge in [-0.1, -0.05) is 0 Å². The van der Waals surface area contributed by atoms with E-state index >= 15 is 0 Å². The van der Waals surface area contributed by atoms with E-state index in [-0.39, 0.29) is 36.1 Å². The second kappa shape index (κ2) is 7.56. The van der Waals surface area contributed by atoms with Crippen molar-refractivity contribution in [3.8, 4) is 0 Å². The number of aromatic amines is 1. The number of fused-ring (bicyclic) bond motifs is 1. The molecule has 1 atom stereocenters.